The second-order valence-corrected chi connectivity index (χ2v) is 3.53. The molecule has 0 N–H and O–H groups in total. The first-order valence-electron chi connectivity index (χ1n) is 4.83. The molecular weight excluding hydrogens is 166 g/mol. The van der Waals surface area contributed by atoms with Crippen molar-refractivity contribution in [2.24, 2.45) is 0 Å². The zero-order chi connectivity index (χ0) is 9.26. The largest absolute Gasteiger partial charge is 0.424 e. The number of aryl methyl sites for hydroxylation is 1. The summed E-state index contributed by atoms with van der Waals surface area (Å²) in [5.74, 6) is 1.53. The maximum atomic E-state index is 5.52. The van der Waals surface area contributed by atoms with Crippen LogP contribution in [0.15, 0.2) is 4.42 Å². The molecule has 0 bridgehead atoms. The summed E-state index contributed by atoms with van der Waals surface area (Å²) in [6.45, 7) is 3.16. The molecular formula is C9H15N3O. The van der Waals surface area contributed by atoms with Crippen LogP contribution in [0.3, 0.4) is 0 Å². The predicted molar refractivity (Wildman–Crippen MR) is 48.3 cm³/mol. The second-order valence-electron chi connectivity index (χ2n) is 3.53. The molecule has 0 saturated carbocycles. The van der Waals surface area contributed by atoms with E-state index in [0.29, 0.717) is 6.04 Å². The molecule has 0 aliphatic carbocycles. The van der Waals surface area contributed by atoms with Crippen molar-refractivity contribution in [2.45, 2.75) is 32.2 Å². The number of hydrogen-bond acceptors (Lipinski definition) is 4. The zero-order valence-corrected chi connectivity index (χ0v) is 8.16. The first-order valence-corrected chi connectivity index (χ1v) is 4.83. The Morgan fingerprint density at radius 3 is 2.92 bits per heavy atom. The van der Waals surface area contributed by atoms with E-state index in [1.54, 1.807) is 0 Å². The van der Waals surface area contributed by atoms with Gasteiger partial charge in [-0.1, -0.05) is 6.92 Å². The van der Waals surface area contributed by atoms with Crippen molar-refractivity contribution in [3.8, 4) is 0 Å². The van der Waals surface area contributed by atoms with E-state index in [0.717, 1.165) is 31.2 Å². The highest BCUT2D eigenvalue weighted by molar-refractivity contribution is 4.93. The van der Waals surface area contributed by atoms with Crippen molar-refractivity contribution in [2.75, 3.05) is 13.6 Å². The minimum absolute atomic E-state index is 0.354. The van der Waals surface area contributed by atoms with E-state index >= 15 is 0 Å². The van der Waals surface area contributed by atoms with Gasteiger partial charge < -0.3 is 4.42 Å². The molecule has 2 heterocycles. The fourth-order valence-electron chi connectivity index (χ4n) is 1.77. The fourth-order valence-corrected chi connectivity index (χ4v) is 1.77. The van der Waals surface area contributed by atoms with Gasteiger partial charge in [0.2, 0.25) is 11.8 Å². The maximum Gasteiger partial charge on any atom is 0.233 e. The van der Waals surface area contributed by atoms with Crippen LogP contribution in [0.25, 0.3) is 0 Å². The maximum absolute atomic E-state index is 5.52. The topological polar surface area (TPSA) is 42.2 Å². The van der Waals surface area contributed by atoms with Crippen LogP contribution < -0.4 is 0 Å². The number of hydrogen-bond donors (Lipinski definition) is 0. The Morgan fingerprint density at radius 1 is 1.54 bits per heavy atom. The minimum Gasteiger partial charge on any atom is -0.424 e. The van der Waals surface area contributed by atoms with Gasteiger partial charge in [0.25, 0.3) is 0 Å². The SMILES string of the molecule is CCc1nnc(C2CCCN2C)o1. The minimum atomic E-state index is 0.354. The Hall–Kier alpha value is -0.900. The van der Waals surface area contributed by atoms with Crippen LogP contribution >= 0.6 is 0 Å². The molecule has 72 valence electrons. The van der Waals surface area contributed by atoms with Crippen LogP contribution in [0.1, 0.15) is 37.6 Å². The van der Waals surface area contributed by atoms with Gasteiger partial charge in [0.1, 0.15) is 0 Å². The molecule has 13 heavy (non-hydrogen) atoms. The van der Waals surface area contributed by atoms with Gasteiger partial charge >= 0.3 is 0 Å². The molecule has 1 saturated heterocycles. The molecule has 0 radical (unpaired) electrons. The number of nitrogens with zero attached hydrogens (tertiary/aromatic N) is 3. The molecule has 1 atom stereocenters. The van der Waals surface area contributed by atoms with Crippen molar-refractivity contribution in [1.29, 1.82) is 0 Å². The van der Waals surface area contributed by atoms with Crippen LogP contribution in [0.5, 0.6) is 0 Å². The van der Waals surface area contributed by atoms with Crippen LogP contribution in [-0.4, -0.2) is 28.7 Å². The molecule has 1 fully saturated rings. The van der Waals surface area contributed by atoms with Gasteiger partial charge in [-0.15, -0.1) is 10.2 Å². The third-order valence-electron chi connectivity index (χ3n) is 2.59. The third-order valence-corrected chi connectivity index (χ3v) is 2.59. The smallest absolute Gasteiger partial charge is 0.233 e. The van der Waals surface area contributed by atoms with Gasteiger partial charge in [-0.2, -0.15) is 0 Å². The van der Waals surface area contributed by atoms with E-state index < -0.39 is 0 Å². The van der Waals surface area contributed by atoms with Gasteiger partial charge in [-0.05, 0) is 26.4 Å². The summed E-state index contributed by atoms with van der Waals surface area (Å²) in [6, 6.07) is 0.354. The number of aromatic nitrogens is 2. The zero-order valence-electron chi connectivity index (χ0n) is 8.16. The molecule has 1 unspecified atom stereocenters. The van der Waals surface area contributed by atoms with Crippen molar-refractivity contribution in [1.82, 2.24) is 15.1 Å². The number of likely N-dealkylation sites (tertiary alicyclic amines) is 1. The van der Waals surface area contributed by atoms with E-state index in [1.807, 2.05) is 6.92 Å². The Labute approximate surface area is 77.9 Å². The molecule has 1 aliphatic rings. The Balaban J connectivity index is 2.15. The Kier molecular flexibility index (Phi) is 2.31. The summed E-state index contributed by atoms with van der Waals surface area (Å²) in [5.41, 5.74) is 0. The van der Waals surface area contributed by atoms with E-state index in [1.165, 1.54) is 6.42 Å². The molecule has 0 aromatic carbocycles. The standard InChI is InChI=1S/C9H15N3O/c1-3-8-10-11-9(13-8)7-5-4-6-12(7)2/h7H,3-6H2,1-2H3. The van der Waals surface area contributed by atoms with Gasteiger partial charge in [-0.3, -0.25) is 4.90 Å². The van der Waals surface area contributed by atoms with Crippen molar-refractivity contribution >= 4 is 0 Å². The summed E-state index contributed by atoms with van der Waals surface area (Å²) in [7, 11) is 2.10. The van der Waals surface area contributed by atoms with E-state index in [-0.39, 0.29) is 0 Å². The average Bonchev–Trinajstić information content (AvgIpc) is 2.71. The molecule has 1 aromatic heterocycles. The molecule has 0 spiro atoms. The molecule has 4 nitrogen and oxygen atoms in total. The highest BCUT2D eigenvalue weighted by Crippen LogP contribution is 2.29. The highest BCUT2D eigenvalue weighted by atomic mass is 16.4. The van der Waals surface area contributed by atoms with Gasteiger partial charge in [0.05, 0.1) is 6.04 Å². The molecule has 2 rings (SSSR count). The quantitative estimate of drug-likeness (QED) is 0.691. The van der Waals surface area contributed by atoms with Gasteiger partial charge in [0, 0.05) is 6.42 Å². The Morgan fingerprint density at radius 2 is 2.38 bits per heavy atom. The predicted octanol–water partition coefficient (Wildman–Crippen LogP) is 1.40. The van der Waals surface area contributed by atoms with Crippen LogP contribution in [-0.2, 0) is 6.42 Å². The second kappa shape index (κ2) is 3.46. The lowest BCUT2D eigenvalue weighted by Crippen LogP contribution is -2.17. The summed E-state index contributed by atoms with van der Waals surface area (Å²) in [5, 5.41) is 8.03. The van der Waals surface area contributed by atoms with Crippen LogP contribution in [0, 0.1) is 0 Å². The first kappa shape index (κ1) is 8.69. The molecule has 4 heteroatoms. The lowest BCUT2D eigenvalue weighted by Gasteiger charge is -2.14. The highest BCUT2D eigenvalue weighted by Gasteiger charge is 2.27. The molecule has 1 aliphatic heterocycles. The first-order chi connectivity index (χ1) is 6.31. The monoisotopic (exact) mass is 181 g/mol. The van der Waals surface area contributed by atoms with Gasteiger partial charge in [-0.25, -0.2) is 0 Å². The lowest BCUT2D eigenvalue weighted by molar-refractivity contribution is 0.263. The summed E-state index contributed by atoms with van der Waals surface area (Å²) in [4.78, 5) is 2.27. The van der Waals surface area contributed by atoms with E-state index in [4.69, 9.17) is 4.42 Å². The summed E-state index contributed by atoms with van der Waals surface area (Å²) in [6.07, 6.45) is 3.19. The molecule has 1 aromatic rings. The average molecular weight is 181 g/mol. The van der Waals surface area contributed by atoms with Crippen molar-refractivity contribution < 1.29 is 4.42 Å². The number of rotatable bonds is 2. The van der Waals surface area contributed by atoms with E-state index in [9.17, 15) is 0 Å². The van der Waals surface area contributed by atoms with Gasteiger partial charge in [0.15, 0.2) is 0 Å². The van der Waals surface area contributed by atoms with Crippen molar-refractivity contribution in [3.05, 3.63) is 11.8 Å². The van der Waals surface area contributed by atoms with Crippen LogP contribution in [0.2, 0.25) is 0 Å². The molecule has 0 amide bonds. The summed E-state index contributed by atoms with van der Waals surface area (Å²) >= 11 is 0. The summed E-state index contributed by atoms with van der Waals surface area (Å²) < 4.78 is 5.52. The van der Waals surface area contributed by atoms with Crippen LogP contribution in [0.4, 0.5) is 0 Å². The third kappa shape index (κ3) is 1.58. The van der Waals surface area contributed by atoms with Crippen molar-refractivity contribution in [3.63, 3.8) is 0 Å². The van der Waals surface area contributed by atoms with E-state index in [2.05, 4.69) is 22.1 Å². The fraction of sp³-hybridized carbons (Fsp3) is 0.778. The Bertz CT molecular complexity index is 284. The normalized spacial score (nSPS) is 24.0. The lowest BCUT2D eigenvalue weighted by atomic mass is 10.2.